The lowest BCUT2D eigenvalue weighted by Crippen LogP contribution is -2.84. The number of hydrogen-bond acceptors (Lipinski definition) is 0. The topological polar surface area (TPSA) is 16.6 Å². The second-order valence-corrected chi connectivity index (χ2v) is 5.75. The van der Waals surface area contributed by atoms with Crippen LogP contribution in [0.5, 0.6) is 0 Å². The van der Waals surface area contributed by atoms with Crippen molar-refractivity contribution >= 4 is 0 Å². The van der Waals surface area contributed by atoms with Crippen LogP contribution in [0.15, 0.2) is 36.4 Å². The van der Waals surface area contributed by atoms with Gasteiger partial charge in [0.1, 0.15) is 6.54 Å². The van der Waals surface area contributed by atoms with Gasteiger partial charge in [0.05, 0.1) is 6.54 Å². The Balaban J connectivity index is 1.46. The van der Waals surface area contributed by atoms with Crippen LogP contribution in [0.1, 0.15) is 24.0 Å². The molecule has 0 amide bonds. The number of quaternary nitrogens is 1. The zero-order valence-corrected chi connectivity index (χ0v) is 10.6. The molecule has 1 saturated carbocycles. The molecule has 1 nitrogen and oxygen atoms in total. The van der Waals surface area contributed by atoms with Crippen LogP contribution in [-0.4, -0.2) is 6.54 Å². The quantitative estimate of drug-likeness (QED) is 0.761. The Bertz CT molecular complexity index is 404. The molecule has 3 rings (SSSR count). The van der Waals surface area contributed by atoms with Gasteiger partial charge in [0.2, 0.25) is 0 Å². The number of aryl methyl sites for hydroxylation is 1. The highest BCUT2D eigenvalue weighted by atomic mass is 14.9. The molecule has 0 aliphatic heterocycles. The molecule has 0 radical (unpaired) electrons. The van der Waals surface area contributed by atoms with Crippen molar-refractivity contribution in [3.63, 3.8) is 0 Å². The second-order valence-electron chi connectivity index (χ2n) is 5.75. The summed E-state index contributed by atoms with van der Waals surface area (Å²) in [7, 11) is 0. The molecule has 0 saturated heterocycles. The Morgan fingerprint density at radius 1 is 1.12 bits per heavy atom. The van der Waals surface area contributed by atoms with E-state index < -0.39 is 0 Å². The van der Waals surface area contributed by atoms with Crippen LogP contribution in [0.2, 0.25) is 0 Å². The Morgan fingerprint density at radius 3 is 2.59 bits per heavy atom. The van der Waals surface area contributed by atoms with Crippen molar-refractivity contribution in [3.05, 3.63) is 47.5 Å². The van der Waals surface area contributed by atoms with E-state index >= 15 is 0 Å². The van der Waals surface area contributed by atoms with E-state index in [1.807, 2.05) is 0 Å². The van der Waals surface area contributed by atoms with Gasteiger partial charge in [0, 0.05) is 11.5 Å². The Labute approximate surface area is 104 Å². The summed E-state index contributed by atoms with van der Waals surface area (Å²) in [5, 5.41) is 2.49. The predicted molar refractivity (Wildman–Crippen MR) is 70.5 cm³/mol. The first-order valence-corrected chi connectivity index (χ1v) is 6.87. The maximum absolute atomic E-state index is 2.49. The lowest BCUT2D eigenvalue weighted by Gasteiger charge is -2.16. The number of rotatable bonds is 4. The van der Waals surface area contributed by atoms with Gasteiger partial charge in [0.25, 0.3) is 0 Å². The Kier molecular flexibility index (Phi) is 3.02. The summed E-state index contributed by atoms with van der Waals surface area (Å²) in [6.45, 7) is 4.59. The predicted octanol–water partition coefficient (Wildman–Crippen LogP) is 2.27. The summed E-state index contributed by atoms with van der Waals surface area (Å²) < 4.78 is 0. The first kappa shape index (κ1) is 11.0. The van der Waals surface area contributed by atoms with Crippen molar-refractivity contribution in [3.8, 4) is 0 Å². The monoisotopic (exact) mass is 228 g/mol. The smallest absolute Gasteiger partial charge is 0.101 e. The minimum atomic E-state index is 0.897. The molecule has 2 aliphatic rings. The Hall–Kier alpha value is -1.08. The van der Waals surface area contributed by atoms with Crippen LogP contribution < -0.4 is 5.32 Å². The van der Waals surface area contributed by atoms with Gasteiger partial charge in [-0.25, -0.2) is 0 Å². The second kappa shape index (κ2) is 4.66. The highest BCUT2D eigenvalue weighted by Crippen LogP contribution is 2.42. The molecule has 1 aromatic carbocycles. The molecule has 2 bridgehead atoms. The molecular formula is C16H22N+. The lowest BCUT2D eigenvalue weighted by atomic mass is 9.93. The zero-order chi connectivity index (χ0) is 11.7. The summed E-state index contributed by atoms with van der Waals surface area (Å²) in [6, 6.07) is 8.94. The van der Waals surface area contributed by atoms with Gasteiger partial charge in [-0.1, -0.05) is 42.0 Å². The van der Waals surface area contributed by atoms with Crippen molar-refractivity contribution in [2.75, 3.05) is 6.54 Å². The van der Waals surface area contributed by atoms with E-state index in [0.29, 0.717) is 0 Å². The van der Waals surface area contributed by atoms with Crippen molar-refractivity contribution in [1.29, 1.82) is 0 Å². The average Bonchev–Trinajstić information content (AvgIpc) is 2.94. The first-order valence-electron chi connectivity index (χ1n) is 6.87. The van der Waals surface area contributed by atoms with Gasteiger partial charge in [-0.2, -0.15) is 0 Å². The number of nitrogens with two attached hydrogens (primary N) is 1. The van der Waals surface area contributed by atoms with E-state index in [0.717, 1.165) is 24.3 Å². The summed E-state index contributed by atoms with van der Waals surface area (Å²) >= 11 is 0. The van der Waals surface area contributed by atoms with Gasteiger partial charge in [-0.15, -0.1) is 0 Å². The van der Waals surface area contributed by atoms with E-state index in [4.69, 9.17) is 0 Å². The summed E-state index contributed by atoms with van der Waals surface area (Å²) in [5.41, 5.74) is 2.81. The molecule has 0 heterocycles. The lowest BCUT2D eigenvalue weighted by molar-refractivity contribution is -0.676. The van der Waals surface area contributed by atoms with Crippen LogP contribution >= 0.6 is 0 Å². The standard InChI is InChI=1S/C16H21N/c1-12-2-4-13(5-3-12)10-17-11-16-9-14-6-7-15(16)8-14/h2-7,14-17H,8-11H2,1H3/p+1/t14-,15+,16-/m1/s1. The summed E-state index contributed by atoms with van der Waals surface area (Å²) in [6.07, 6.45) is 7.76. The average molecular weight is 228 g/mol. The molecule has 2 N–H and O–H groups in total. The SMILES string of the molecule is Cc1ccc(C[NH2+]C[C@H]2C[C@@H]3C=C[C@H]2C3)cc1. The third-order valence-electron chi connectivity index (χ3n) is 4.39. The van der Waals surface area contributed by atoms with Crippen LogP contribution in [0.4, 0.5) is 0 Å². The fourth-order valence-corrected chi connectivity index (χ4v) is 3.35. The van der Waals surface area contributed by atoms with Crippen molar-refractivity contribution in [1.82, 2.24) is 0 Å². The molecular weight excluding hydrogens is 206 g/mol. The van der Waals surface area contributed by atoms with Crippen molar-refractivity contribution in [2.24, 2.45) is 17.8 Å². The van der Waals surface area contributed by atoms with E-state index in [9.17, 15) is 0 Å². The molecule has 90 valence electrons. The highest BCUT2D eigenvalue weighted by Gasteiger charge is 2.36. The number of fused-ring (bicyclic) bond motifs is 2. The molecule has 17 heavy (non-hydrogen) atoms. The minimum Gasteiger partial charge on any atom is -0.342 e. The maximum Gasteiger partial charge on any atom is 0.101 e. The third-order valence-corrected chi connectivity index (χ3v) is 4.39. The van der Waals surface area contributed by atoms with E-state index in [2.05, 4.69) is 48.7 Å². The van der Waals surface area contributed by atoms with E-state index in [1.54, 1.807) is 0 Å². The largest absolute Gasteiger partial charge is 0.342 e. The fourth-order valence-electron chi connectivity index (χ4n) is 3.35. The number of benzene rings is 1. The van der Waals surface area contributed by atoms with Gasteiger partial charge < -0.3 is 5.32 Å². The highest BCUT2D eigenvalue weighted by molar-refractivity contribution is 5.20. The van der Waals surface area contributed by atoms with Crippen molar-refractivity contribution < 1.29 is 5.32 Å². The summed E-state index contributed by atoms with van der Waals surface area (Å²) in [5.74, 6) is 2.75. The molecule has 1 heteroatoms. The molecule has 1 aromatic rings. The van der Waals surface area contributed by atoms with Crippen LogP contribution in [0.25, 0.3) is 0 Å². The van der Waals surface area contributed by atoms with Gasteiger partial charge >= 0.3 is 0 Å². The zero-order valence-electron chi connectivity index (χ0n) is 10.6. The fraction of sp³-hybridized carbons (Fsp3) is 0.500. The van der Waals surface area contributed by atoms with Crippen LogP contribution in [0, 0.1) is 24.7 Å². The third kappa shape index (κ3) is 2.44. The van der Waals surface area contributed by atoms with E-state index in [-0.39, 0.29) is 0 Å². The summed E-state index contributed by atoms with van der Waals surface area (Å²) in [4.78, 5) is 0. The molecule has 0 unspecified atom stereocenters. The molecule has 0 aromatic heterocycles. The molecule has 2 aliphatic carbocycles. The van der Waals surface area contributed by atoms with Crippen LogP contribution in [-0.2, 0) is 6.54 Å². The van der Waals surface area contributed by atoms with E-state index in [1.165, 1.54) is 30.5 Å². The first-order chi connectivity index (χ1) is 8.31. The van der Waals surface area contributed by atoms with Crippen molar-refractivity contribution in [2.45, 2.75) is 26.3 Å². The number of hydrogen-bond donors (Lipinski definition) is 1. The van der Waals surface area contributed by atoms with Gasteiger partial charge in [0.15, 0.2) is 0 Å². The minimum absolute atomic E-state index is 0.897. The Morgan fingerprint density at radius 2 is 1.94 bits per heavy atom. The van der Waals surface area contributed by atoms with Gasteiger partial charge in [-0.05, 0) is 31.6 Å². The molecule has 3 atom stereocenters. The van der Waals surface area contributed by atoms with Gasteiger partial charge in [-0.3, -0.25) is 0 Å². The normalized spacial score (nSPS) is 30.1. The molecule has 0 spiro atoms. The molecule has 1 fully saturated rings. The maximum atomic E-state index is 2.49. The van der Waals surface area contributed by atoms with Crippen LogP contribution in [0.3, 0.4) is 0 Å². The number of allylic oxidation sites excluding steroid dienone is 2.